The van der Waals surface area contributed by atoms with Gasteiger partial charge in [-0.05, 0) is 29.8 Å². The molecule has 3 rings (SSSR count). The van der Waals surface area contributed by atoms with Crippen molar-refractivity contribution >= 4 is 34.9 Å². The van der Waals surface area contributed by atoms with Gasteiger partial charge < -0.3 is 14.5 Å². The van der Waals surface area contributed by atoms with Gasteiger partial charge in [-0.15, -0.1) is 0 Å². The molecule has 0 aromatic heterocycles. The van der Waals surface area contributed by atoms with Crippen LogP contribution in [0.1, 0.15) is 15.9 Å². The Hall–Kier alpha value is -3.13. The van der Waals surface area contributed by atoms with E-state index in [0.29, 0.717) is 30.3 Å². The number of carbonyl (C=O) groups is 2. The number of esters is 1. The van der Waals surface area contributed by atoms with Crippen molar-refractivity contribution in [2.75, 3.05) is 31.6 Å². The number of hydrogen-bond donors (Lipinski definition) is 0. The van der Waals surface area contributed by atoms with Crippen molar-refractivity contribution < 1.29 is 19.2 Å². The maximum absolute atomic E-state index is 12.6. The summed E-state index contributed by atoms with van der Waals surface area (Å²) in [5.41, 5.74) is 1.07. The zero-order valence-electron chi connectivity index (χ0n) is 15.1. The predicted octanol–water partition coefficient (Wildman–Crippen LogP) is 2.88. The molecule has 1 aliphatic heterocycles. The molecule has 0 atom stereocenters. The number of amides is 1. The third kappa shape index (κ3) is 4.23. The highest BCUT2D eigenvalue weighted by molar-refractivity contribution is 6.30. The number of benzene rings is 2. The fourth-order valence-corrected chi connectivity index (χ4v) is 3.19. The molecule has 2 aromatic rings. The number of methoxy groups -OCH3 is 1. The molecule has 2 aromatic carbocycles. The molecule has 8 nitrogen and oxygen atoms in total. The van der Waals surface area contributed by atoms with Gasteiger partial charge in [-0.25, -0.2) is 4.79 Å². The minimum absolute atomic E-state index is 0.0702. The SMILES string of the molecule is COC(=O)c1cc(N2CCN(Cc3ccc(Cl)cc3)C(=O)C2)ccc1[N+](=O)[O-]. The molecule has 0 bridgehead atoms. The van der Waals surface area contributed by atoms with Crippen molar-refractivity contribution in [2.24, 2.45) is 0 Å². The fraction of sp³-hybridized carbons (Fsp3) is 0.263. The number of nitro groups is 1. The highest BCUT2D eigenvalue weighted by Gasteiger charge is 2.27. The normalized spacial score (nSPS) is 14.1. The van der Waals surface area contributed by atoms with Crippen molar-refractivity contribution in [2.45, 2.75) is 6.54 Å². The molecule has 0 N–H and O–H groups in total. The first-order valence-electron chi connectivity index (χ1n) is 8.53. The van der Waals surface area contributed by atoms with Crippen LogP contribution in [0.25, 0.3) is 0 Å². The number of ether oxygens (including phenoxy) is 1. The number of hydrogen-bond acceptors (Lipinski definition) is 6. The van der Waals surface area contributed by atoms with Crippen molar-refractivity contribution in [3.63, 3.8) is 0 Å². The lowest BCUT2D eigenvalue weighted by atomic mass is 10.1. The molecule has 0 spiro atoms. The number of nitro benzene ring substituents is 1. The van der Waals surface area contributed by atoms with Gasteiger partial charge in [0.15, 0.2) is 0 Å². The second-order valence-corrected chi connectivity index (χ2v) is 6.75. The average molecular weight is 404 g/mol. The van der Waals surface area contributed by atoms with E-state index < -0.39 is 10.9 Å². The molecule has 0 radical (unpaired) electrons. The fourth-order valence-electron chi connectivity index (χ4n) is 3.06. The van der Waals surface area contributed by atoms with E-state index in [-0.39, 0.29) is 23.7 Å². The molecule has 1 fully saturated rings. The molecular formula is C19H18ClN3O5. The van der Waals surface area contributed by atoms with Crippen LogP contribution in [0.3, 0.4) is 0 Å². The van der Waals surface area contributed by atoms with Crippen LogP contribution in [-0.2, 0) is 16.1 Å². The molecular weight excluding hydrogens is 386 g/mol. The van der Waals surface area contributed by atoms with E-state index >= 15 is 0 Å². The van der Waals surface area contributed by atoms with Crippen molar-refractivity contribution in [3.05, 3.63) is 68.7 Å². The smallest absolute Gasteiger partial charge is 0.344 e. The van der Waals surface area contributed by atoms with Crippen LogP contribution in [0.5, 0.6) is 0 Å². The molecule has 1 aliphatic rings. The van der Waals surface area contributed by atoms with Gasteiger partial charge in [-0.2, -0.15) is 0 Å². The molecule has 28 heavy (non-hydrogen) atoms. The highest BCUT2D eigenvalue weighted by Crippen LogP contribution is 2.27. The van der Waals surface area contributed by atoms with Gasteiger partial charge in [-0.1, -0.05) is 23.7 Å². The first kappa shape index (κ1) is 19.6. The molecule has 1 heterocycles. The first-order valence-corrected chi connectivity index (χ1v) is 8.90. The van der Waals surface area contributed by atoms with Gasteiger partial charge in [0.2, 0.25) is 5.91 Å². The van der Waals surface area contributed by atoms with Crippen LogP contribution < -0.4 is 4.90 Å². The van der Waals surface area contributed by atoms with Crippen molar-refractivity contribution in [3.8, 4) is 0 Å². The number of carbonyl (C=O) groups excluding carboxylic acids is 2. The van der Waals surface area contributed by atoms with E-state index in [0.717, 1.165) is 12.7 Å². The Balaban J connectivity index is 1.74. The zero-order chi connectivity index (χ0) is 20.3. The van der Waals surface area contributed by atoms with Crippen LogP contribution >= 0.6 is 11.6 Å². The number of nitrogens with zero attached hydrogens (tertiary/aromatic N) is 3. The molecule has 1 amide bonds. The van der Waals surface area contributed by atoms with Crippen molar-refractivity contribution in [1.82, 2.24) is 4.90 Å². The van der Waals surface area contributed by atoms with E-state index in [4.69, 9.17) is 11.6 Å². The summed E-state index contributed by atoms with van der Waals surface area (Å²) in [6.07, 6.45) is 0. The molecule has 1 saturated heterocycles. The highest BCUT2D eigenvalue weighted by atomic mass is 35.5. The summed E-state index contributed by atoms with van der Waals surface area (Å²) in [6, 6.07) is 11.5. The van der Waals surface area contributed by atoms with Gasteiger partial charge in [0.25, 0.3) is 5.69 Å². The Bertz CT molecular complexity index is 916. The summed E-state index contributed by atoms with van der Waals surface area (Å²) in [7, 11) is 1.16. The lowest BCUT2D eigenvalue weighted by Crippen LogP contribution is -2.50. The van der Waals surface area contributed by atoms with Gasteiger partial charge in [-0.3, -0.25) is 14.9 Å². The van der Waals surface area contributed by atoms with Crippen molar-refractivity contribution in [1.29, 1.82) is 0 Å². The molecule has 0 aliphatic carbocycles. The largest absolute Gasteiger partial charge is 0.465 e. The minimum atomic E-state index is -0.791. The lowest BCUT2D eigenvalue weighted by Gasteiger charge is -2.35. The van der Waals surface area contributed by atoms with Gasteiger partial charge in [0.1, 0.15) is 5.56 Å². The molecule has 9 heteroatoms. The monoisotopic (exact) mass is 403 g/mol. The standard InChI is InChI=1S/C19H18ClN3O5/c1-28-19(25)16-10-15(6-7-17(16)23(26)27)21-8-9-22(18(24)12-21)11-13-2-4-14(20)5-3-13/h2-7,10H,8-9,11-12H2,1H3. The Labute approximate surface area is 166 Å². The van der Waals surface area contributed by atoms with Gasteiger partial charge >= 0.3 is 5.97 Å². The summed E-state index contributed by atoms with van der Waals surface area (Å²) in [4.78, 5) is 38.5. The Kier molecular flexibility index (Phi) is 5.79. The first-order chi connectivity index (χ1) is 13.4. The third-order valence-corrected chi connectivity index (χ3v) is 4.80. The van der Waals surface area contributed by atoms with Gasteiger partial charge in [0.05, 0.1) is 18.6 Å². The average Bonchev–Trinajstić information content (AvgIpc) is 2.70. The van der Waals surface area contributed by atoms with Crippen LogP contribution in [-0.4, -0.2) is 48.4 Å². The predicted molar refractivity (Wildman–Crippen MR) is 104 cm³/mol. The molecule has 146 valence electrons. The van der Waals surface area contributed by atoms with Crippen LogP contribution in [0, 0.1) is 10.1 Å². The number of piperazine rings is 1. The molecule has 0 unspecified atom stereocenters. The van der Waals surface area contributed by atoms with Gasteiger partial charge in [0, 0.05) is 36.4 Å². The third-order valence-electron chi connectivity index (χ3n) is 4.55. The summed E-state index contributed by atoms with van der Waals surface area (Å²) in [5, 5.41) is 11.8. The zero-order valence-corrected chi connectivity index (χ0v) is 15.9. The van der Waals surface area contributed by atoms with E-state index in [9.17, 15) is 19.7 Å². The quantitative estimate of drug-likeness (QED) is 0.433. The Morgan fingerprint density at radius 3 is 2.54 bits per heavy atom. The maximum Gasteiger partial charge on any atom is 0.344 e. The van der Waals surface area contributed by atoms with E-state index in [1.165, 1.54) is 18.2 Å². The topological polar surface area (TPSA) is 93.0 Å². The maximum atomic E-state index is 12.6. The van der Waals surface area contributed by atoms with Crippen LogP contribution in [0.2, 0.25) is 5.02 Å². The summed E-state index contributed by atoms with van der Waals surface area (Å²) >= 11 is 5.88. The Morgan fingerprint density at radius 1 is 1.21 bits per heavy atom. The molecule has 0 saturated carbocycles. The number of halogens is 1. The summed E-state index contributed by atoms with van der Waals surface area (Å²) in [6.45, 7) is 1.63. The van der Waals surface area contributed by atoms with Crippen LogP contribution in [0.4, 0.5) is 11.4 Å². The van der Waals surface area contributed by atoms with E-state index in [2.05, 4.69) is 4.74 Å². The minimum Gasteiger partial charge on any atom is -0.465 e. The lowest BCUT2D eigenvalue weighted by molar-refractivity contribution is -0.385. The Morgan fingerprint density at radius 2 is 1.93 bits per heavy atom. The second-order valence-electron chi connectivity index (χ2n) is 6.31. The second kappa shape index (κ2) is 8.26. The number of anilines is 1. The summed E-state index contributed by atoms with van der Waals surface area (Å²) < 4.78 is 4.64. The van der Waals surface area contributed by atoms with Crippen LogP contribution in [0.15, 0.2) is 42.5 Å². The summed E-state index contributed by atoms with van der Waals surface area (Å²) in [5.74, 6) is -0.861. The van der Waals surface area contributed by atoms with E-state index in [1.54, 1.807) is 21.9 Å². The number of rotatable bonds is 5. The van der Waals surface area contributed by atoms with E-state index in [1.807, 2.05) is 12.1 Å².